The van der Waals surface area contributed by atoms with Crippen molar-refractivity contribution in [2.75, 3.05) is 28.6 Å². The summed E-state index contributed by atoms with van der Waals surface area (Å²) in [6.07, 6.45) is 2.45. The van der Waals surface area contributed by atoms with Crippen LogP contribution in [0.1, 0.15) is 51.3 Å². The van der Waals surface area contributed by atoms with E-state index in [1.165, 1.54) is 24.4 Å². The molecule has 51 heavy (non-hydrogen) atoms. The zero-order chi connectivity index (χ0) is 36.0. The number of halogens is 4. The van der Waals surface area contributed by atoms with Crippen LogP contribution < -0.4 is 20.9 Å². The number of carbonyl (C=O) groups excluding carboxylic acids is 4. The van der Waals surface area contributed by atoms with Gasteiger partial charge in [-0.2, -0.15) is 18.4 Å². The van der Waals surface area contributed by atoms with Crippen LogP contribution in [-0.2, 0) is 11.0 Å². The minimum Gasteiger partial charge on any atom is -0.347 e. The lowest BCUT2D eigenvalue weighted by Crippen LogP contribution is -2.50. The summed E-state index contributed by atoms with van der Waals surface area (Å²) in [4.78, 5) is 64.1. The molecule has 2 fully saturated rings. The number of thiophene rings is 1. The zero-order valence-corrected chi connectivity index (χ0v) is 27.2. The van der Waals surface area contributed by atoms with E-state index < -0.39 is 41.4 Å². The number of urea groups is 1. The van der Waals surface area contributed by atoms with E-state index in [1.807, 2.05) is 6.07 Å². The van der Waals surface area contributed by atoms with Crippen LogP contribution in [0.2, 0.25) is 0 Å². The first-order chi connectivity index (χ1) is 24.4. The van der Waals surface area contributed by atoms with Crippen LogP contribution in [0.25, 0.3) is 10.2 Å². The van der Waals surface area contributed by atoms with Crippen LogP contribution >= 0.6 is 11.3 Å². The molecule has 3 N–H and O–H groups in total. The number of nitrogens with one attached hydrogen (secondary N) is 3. The number of rotatable bonds is 7. The van der Waals surface area contributed by atoms with Crippen molar-refractivity contribution in [1.82, 2.24) is 20.2 Å². The van der Waals surface area contributed by atoms with E-state index in [-0.39, 0.29) is 57.3 Å². The van der Waals surface area contributed by atoms with Crippen LogP contribution in [-0.4, -0.2) is 57.8 Å². The quantitative estimate of drug-likeness (QED) is 0.114. The van der Waals surface area contributed by atoms with Gasteiger partial charge in [-0.05, 0) is 68.0 Å². The minimum atomic E-state index is -4.66. The zero-order valence-electron chi connectivity index (χ0n) is 26.4. The monoisotopic (exact) mass is 718 g/mol. The number of amides is 5. The van der Waals surface area contributed by atoms with Crippen molar-refractivity contribution in [2.24, 2.45) is 5.92 Å². The molecule has 1 atom stereocenters. The normalized spacial score (nSPS) is 17.5. The van der Waals surface area contributed by atoms with Crippen LogP contribution in [0.3, 0.4) is 0 Å². The molecule has 3 aromatic heterocycles. The number of aromatic nitrogens is 2. The van der Waals surface area contributed by atoms with Gasteiger partial charge in [0.1, 0.15) is 33.0 Å². The molecule has 260 valence electrons. The van der Waals surface area contributed by atoms with E-state index in [1.54, 1.807) is 11.0 Å². The molecule has 0 bridgehead atoms. The fraction of sp³-hybridized carbons (Fsp3) is 0.265. The number of alkyl halides is 3. The van der Waals surface area contributed by atoms with E-state index in [0.29, 0.717) is 35.7 Å². The molecule has 17 heteroatoms. The van der Waals surface area contributed by atoms with Gasteiger partial charge in [0.15, 0.2) is 0 Å². The first kappa shape index (κ1) is 33.6. The maximum Gasteiger partial charge on any atom is 0.416 e. The van der Waals surface area contributed by atoms with Crippen molar-refractivity contribution >= 4 is 68.2 Å². The first-order valence-electron chi connectivity index (χ1n) is 15.8. The highest BCUT2D eigenvalue weighted by Gasteiger charge is 2.36. The van der Waals surface area contributed by atoms with Crippen molar-refractivity contribution < 1.29 is 36.7 Å². The Morgan fingerprint density at radius 1 is 1.04 bits per heavy atom. The standard InChI is InChI=1S/C34H26F4N8O4S/c35-22-13-18(29(47)43-25-14-20(7-9-40-25)34(36,37)38)5-6-23(22)46-24-8-10-41-31-26(24)27(44-33(46)50)28(51-31)30(48)42-21-2-1-11-45(16-21)32(49)19(15-39)12-17-3-4-17/h5-10,12-14,17,21H,1-4,11,16H2,(H,42,48)(H,44,50)(H,40,43,47)/b19-12+/t21-/m0/s1. The molecule has 5 heterocycles. The second-order valence-electron chi connectivity index (χ2n) is 12.2. The summed E-state index contributed by atoms with van der Waals surface area (Å²) in [5, 5.41) is 17.7. The van der Waals surface area contributed by atoms with Gasteiger partial charge in [0.05, 0.1) is 28.0 Å². The van der Waals surface area contributed by atoms with Gasteiger partial charge < -0.3 is 20.9 Å². The van der Waals surface area contributed by atoms with Crippen LogP contribution in [0.5, 0.6) is 0 Å². The Morgan fingerprint density at radius 3 is 2.55 bits per heavy atom. The van der Waals surface area contributed by atoms with Gasteiger partial charge in [0.25, 0.3) is 17.7 Å². The summed E-state index contributed by atoms with van der Waals surface area (Å²) >= 11 is 1.02. The fourth-order valence-electron chi connectivity index (χ4n) is 6.03. The highest BCUT2D eigenvalue weighted by atomic mass is 32.1. The number of piperidine rings is 1. The predicted molar refractivity (Wildman–Crippen MR) is 178 cm³/mol. The third kappa shape index (κ3) is 6.69. The summed E-state index contributed by atoms with van der Waals surface area (Å²) in [7, 11) is 0. The van der Waals surface area contributed by atoms with E-state index in [4.69, 9.17) is 0 Å². The molecule has 0 unspecified atom stereocenters. The minimum absolute atomic E-state index is 0.103. The van der Waals surface area contributed by atoms with Crippen molar-refractivity contribution in [1.29, 1.82) is 5.26 Å². The molecular weight excluding hydrogens is 692 g/mol. The number of likely N-dealkylation sites (tertiary alicyclic amines) is 1. The third-order valence-electron chi connectivity index (χ3n) is 8.65. The van der Waals surface area contributed by atoms with Crippen LogP contribution in [0.15, 0.2) is 60.4 Å². The molecule has 4 aromatic rings. The molecule has 12 nitrogen and oxygen atoms in total. The average Bonchev–Trinajstić information content (AvgIpc) is 3.86. The van der Waals surface area contributed by atoms with Crippen molar-refractivity contribution in [3.05, 3.63) is 82.3 Å². The molecule has 5 amide bonds. The second-order valence-corrected chi connectivity index (χ2v) is 13.2. The lowest BCUT2D eigenvalue weighted by Gasteiger charge is -2.33. The van der Waals surface area contributed by atoms with Gasteiger partial charge >= 0.3 is 12.2 Å². The van der Waals surface area contributed by atoms with E-state index >= 15 is 4.39 Å². The third-order valence-corrected chi connectivity index (χ3v) is 9.75. The summed E-state index contributed by atoms with van der Waals surface area (Å²) in [5.74, 6) is -2.92. The lowest BCUT2D eigenvalue weighted by molar-refractivity contribution is -0.137. The highest BCUT2D eigenvalue weighted by Crippen LogP contribution is 2.46. The molecule has 1 aromatic carbocycles. The van der Waals surface area contributed by atoms with Gasteiger partial charge in [-0.3, -0.25) is 19.3 Å². The molecule has 2 aliphatic heterocycles. The molecular formula is C34H26F4N8O4S. The highest BCUT2D eigenvalue weighted by molar-refractivity contribution is 7.21. The van der Waals surface area contributed by atoms with Gasteiger partial charge in [-0.25, -0.2) is 19.2 Å². The van der Waals surface area contributed by atoms with E-state index in [2.05, 4.69) is 25.9 Å². The molecule has 1 saturated carbocycles. The Labute approximate surface area is 290 Å². The van der Waals surface area contributed by atoms with Crippen LogP contribution in [0, 0.1) is 23.1 Å². The maximum absolute atomic E-state index is 15.6. The number of nitriles is 1. The molecule has 1 saturated heterocycles. The number of carbonyl (C=O) groups is 4. The summed E-state index contributed by atoms with van der Waals surface area (Å²) in [5.41, 5.74) is -0.999. The Bertz CT molecular complexity index is 2190. The summed E-state index contributed by atoms with van der Waals surface area (Å²) in [6.45, 7) is 0.666. The number of nitrogens with zero attached hydrogens (tertiary/aromatic N) is 5. The van der Waals surface area contributed by atoms with Crippen LogP contribution in [0.4, 0.5) is 45.2 Å². The predicted octanol–water partition coefficient (Wildman–Crippen LogP) is 6.37. The topological polar surface area (TPSA) is 160 Å². The lowest BCUT2D eigenvalue weighted by atomic mass is 10.0. The van der Waals surface area contributed by atoms with Gasteiger partial charge in [0, 0.05) is 37.1 Å². The van der Waals surface area contributed by atoms with Crippen molar-refractivity contribution in [3.63, 3.8) is 0 Å². The van der Waals surface area contributed by atoms with Gasteiger partial charge in [-0.1, -0.05) is 6.08 Å². The number of hydrogen-bond donors (Lipinski definition) is 3. The molecule has 0 spiro atoms. The van der Waals surface area contributed by atoms with Gasteiger partial charge in [-0.15, -0.1) is 11.3 Å². The number of allylic oxidation sites excluding steroid dienone is 1. The first-order valence-corrected chi connectivity index (χ1v) is 16.6. The number of benzene rings is 1. The van der Waals surface area contributed by atoms with Gasteiger partial charge in [0.2, 0.25) is 0 Å². The summed E-state index contributed by atoms with van der Waals surface area (Å²) in [6, 6.07) is 6.87. The maximum atomic E-state index is 15.6. The fourth-order valence-corrected chi connectivity index (χ4v) is 7.05. The SMILES string of the molecule is N#C/C(=C\C1CC1)C(=O)N1CCC[C@H](NC(=O)c2sc3nccc4c3c2NC(=O)N4c2ccc(C(=O)Nc3cc(C(F)(F)F)ccn3)cc2F)C1. The Balaban J connectivity index is 1.10. The Hall–Kier alpha value is -5.89. The Kier molecular flexibility index (Phi) is 8.63. The Morgan fingerprint density at radius 2 is 1.82 bits per heavy atom. The second kappa shape index (κ2) is 13.1. The van der Waals surface area contributed by atoms with Crippen molar-refractivity contribution in [3.8, 4) is 6.07 Å². The number of pyridine rings is 2. The number of hydrogen-bond acceptors (Lipinski definition) is 8. The van der Waals surface area contributed by atoms with E-state index in [9.17, 15) is 37.6 Å². The summed E-state index contributed by atoms with van der Waals surface area (Å²) < 4.78 is 54.8. The molecule has 1 aliphatic carbocycles. The largest absolute Gasteiger partial charge is 0.416 e. The van der Waals surface area contributed by atoms with Crippen molar-refractivity contribution in [2.45, 2.75) is 37.9 Å². The smallest absolute Gasteiger partial charge is 0.347 e. The van der Waals surface area contributed by atoms with E-state index in [0.717, 1.165) is 47.4 Å². The molecule has 0 radical (unpaired) electrons. The molecule has 7 rings (SSSR count). The molecule has 3 aliphatic rings. The number of anilines is 4. The average molecular weight is 719 g/mol.